The van der Waals surface area contributed by atoms with E-state index in [0.29, 0.717) is 18.9 Å². The Morgan fingerprint density at radius 1 is 1.45 bits per heavy atom. The van der Waals surface area contributed by atoms with Crippen LogP contribution >= 0.6 is 0 Å². The Morgan fingerprint density at radius 2 is 2.10 bits per heavy atom. The lowest BCUT2D eigenvalue weighted by atomic mass is 10.2. The van der Waals surface area contributed by atoms with Gasteiger partial charge in [-0.25, -0.2) is 18.4 Å². The van der Waals surface area contributed by atoms with Crippen molar-refractivity contribution < 1.29 is 13.2 Å². The van der Waals surface area contributed by atoms with E-state index >= 15 is 0 Å². The van der Waals surface area contributed by atoms with Gasteiger partial charge in [-0.3, -0.25) is 4.79 Å². The molecule has 2 rings (SSSR count). The molecule has 0 aromatic carbocycles. The van der Waals surface area contributed by atoms with Gasteiger partial charge in [0.25, 0.3) is 0 Å². The number of piperazine rings is 1. The number of hydrogen-bond acceptors (Lipinski definition) is 6. The van der Waals surface area contributed by atoms with Crippen molar-refractivity contribution in [3.63, 3.8) is 0 Å². The maximum atomic E-state index is 12.5. The fourth-order valence-electron chi connectivity index (χ4n) is 2.08. The summed E-state index contributed by atoms with van der Waals surface area (Å²) in [5, 5.41) is 5.39. The lowest BCUT2D eigenvalue weighted by Crippen LogP contribution is -2.56. The molecule has 0 aliphatic carbocycles. The molecule has 1 aromatic rings. The van der Waals surface area contributed by atoms with Crippen molar-refractivity contribution in [2.75, 3.05) is 25.5 Å². The van der Waals surface area contributed by atoms with Crippen molar-refractivity contribution in [1.29, 1.82) is 0 Å². The number of amides is 1. The Kier molecular flexibility index (Phi) is 4.19. The summed E-state index contributed by atoms with van der Waals surface area (Å²) in [4.78, 5) is 19.5. The third kappa shape index (κ3) is 2.59. The summed E-state index contributed by atoms with van der Waals surface area (Å²) in [5.74, 6) is 0.0717. The summed E-state index contributed by atoms with van der Waals surface area (Å²) in [7, 11) is -2.12. The normalized spacial score (nSPS) is 20.5. The highest BCUT2D eigenvalue weighted by Gasteiger charge is 2.37. The van der Waals surface area contributed by atoms with Crippen molar-refractivity contribution in [1.82, 2.24) is 19.6 Å². The molecule has 9 heteroatoms. The molecule has 1 fully saturated rings. The average Bonchev–Trinajstić information content (AvgIpc) is 2.47. The van der Waals surface area contributed by atoms with Crippen molar-refractivity contribution in [2.24, 2.45) is 0 Å². The molecule has 1 aromatic heterocycles. The number of carbonyl (C=O) groups excluding carboxylic acids is 1. The second-order valence-corrected chi connectivity index (χ2v) is 6.21. The Labute approximate surface area is 117 Å². The van der Waals surface area contributed by atoms with Gasteiger partial charge in [-0.15, -0.1) is 0 Å². The molecule has 1 unspecified atom stereocenters. The van der Waals surface area contributed by atoms with Crippen LogP contribution in [-0.2, 0) is 14.8 Å². The fourth-order valence-corrected chi connectivity index (χ4v) is 3.64. The first-order chi connectivity index (χ1) is 9.50. The number of nitrogens with one attached hydrogen (secondary N) is 2. The zero-order chi connectivity index (χ0) is 14.8. The first-order valence-corrected chi connectivity index (χ1v) is 7.74. The van der Waals surface area contributed by atoms with E-state index in [9.17, 15) is 13.2 Å². The summed E-state index contributed by atoms with van der Waals surface area (Å²) in [6.07, 6.45) is 2.90. The molecule has 1 aliphatic heterocycles. The monoisotopic (exact) mass is 299 g/mol. The lowest BCUT2D eigenvalue weighted by Gasteiger charge is -2.33. The predicted molar refractivity (Wildman–Crippen MR) is 72.6 cm³/mol. The van der Waals surface area contributed by atoms with E-state index in [4.69, 9.17) is 0 Å². The van der Waals surface area contributed by atoms with Crippen LogP contribution in [0.25, 0.3) is 0 Å². The number of rotatable bonds is 4. The van der Waals surface area contributed by atoms with Crippen LogP contribution < -0.4 is 10.6 Å². The SMILES string of the molecule is CCC1C(=O)NCCN1S(=O)(=O)c1cnc(NC)nc1. The number of sulfonamides is 1. The lowest BCUT2D eigenvalue weighted by molar-refractivity contribution is -0.126. The minimum atomic E-state index is -3.76. The average molecular weight is 299 g/mol. The standard InChI is InChI=1S/C11H17N5O3S/c1-3-9-10(17)13-4-5-16(9)20(18,19)8-6-14-11(12-2)15-7-8/h6-7,9H,3-5H2,1-2H3,(H,13,17)(H,12,14,15). The molecule has 0 spiro atoms. The molecule has 2 N–H and O–H groups in total. The molecule has 20 heavy (non-hydrogen) atoms. The van der Waals surface area contributed by atoms with Crippen LogP contribution in [0.5, 0.6) is 0 Å². The minimum absolute atomic E-state index is 0.00958. The molecule has 0 saturated carbocycles. The van der Waals surface area contributed by atoms with Crippen molar-refractivity contribution >= 4 is 21.9 Å². The summed E-state index contributed by atoms with van der Waals surface area (Å²) < 4.78 is 26.3. The molecule has 2 heterocycles. The molecule has 1 amide bonds. The van der Waals surface area contributed by atoms with Crippen LogP contribution in [0.3, 0.4) is 0 Å². The molecule has 1 atom stereocenters. The first kappa shape index (κ1) is 14.7. The predicted octanol–water partition coefficient (Wildman–Crippen LogP) is -0.583. The van der Waals surface area contributed by atoms with Gasteiger partial charge in [-0.1, -0.05) is 6.92 Å². The number of anilines is 1. The number of carbonyl (C=O) groups is 1. The topological polar surface area (TPSA) is 104 Å². The molecule has 0 radical (unpaired) electrons. The summed E-state index contributed by atoms with van der Waals surface area (Å²) in [5.41, 5.74) is 0. The molecule has 0 bridgehead atoms. The molecule has 8 nitrogen and oxygen atoms in total. The molecular weight excluding hydrogens is 282 g/mol. The van der Waals surface area contributed by atoms with E-state index in [-0.39, 0.29) is 17.3 Å². The van der Waals surface area contributed by atoms with E-state index in [1.807, 2.05) is 0 Å². The van der Waals surface area contributed by atoms with Gasteiger partial charge >= 0.3 is 0 Å². The van der Waals surface area contributed by atoms with E-state index in [0.717, 1.165) is 0 Å². The first-order valence-electron chi connectivity index (χ1n) is 6.30. The molecule has 110 valence electrons. The van der Waals surface area contributed by atoms with E-state index in [1.165, 1.54) is 16.7 Å². The highest BCUT2D eigenvalue weighted by Crippen LogP contribution is 2.20. The van der Waals surface area contributed by atoms with Gasteiger partial charge in [0.2, 0.25) is 21.9 Å². The van der Waals surface area contributed by atoms with Crippen LogP contribution in [0, 0.1) is 0 Å². The fraction of sp³-hybridized carbons (Fsp3) is 0.545. The third-order valence-corrected chi connectivity index (χ3v) is 4.99. The van der Waals surface area contributed by atoms with E-state index < -0.39 is 16.1 Å². The maximum Gasteiger partial charge on any atom is 0.246 e. The Morgan fingerprint density at radius 3 is 2.65 bits per heavy atom. The maximum absolute atomic E-state index is 12.5. The van der Waals surface area contributed by atoms with Crippen LogP contribution in [0.15, 0.2) is 17.3 Å². The Balaban J connectivity index is 2.34. The Bertz CT molecular complexity index is 587. The van der Waals surface area contributed by atoms with Gasteiger partial charge < -0.3 is 10.6 Å². The van der Waals surface area contributed by atoms with Gasteiger partial charge in [-0.2, -0.15) is 4.31 Å². The highest BCUT2D eigenvalue weighted by molar-refractivity contribution is 7.89. The van der Waals surface area contributed by atoms with Crippen LogP contribution in [0.2, 0.25) is 0 Å². The van der Waals surface area contributed by atoms with Crippen molar-refractivity contribution in [3.8, 4) is 0 Å². The van der Waals surface area contributed by atoms with Gasteiger partial charge in [-0.05, 0) is 6.42 Å². The van der Waals surface area contributed by atoms with Crippen LogP contribution in [-0.4, -0.2) is 54.8 Å². The zero-order valence-corrected chi connectivity index (χ0v) is 12.1. The number of hydrogen-bond donors (Lipinski definition) is 2. The van der Waals surface area contributed by atoms with Crippen molar-refractivity contribution in [2.45, 2.75) is 24.3 Å². The smallest absolute Gasteiger partial charge is 0.246 e. The summed E-state index contributed by atoms with van der Waals surface area (Å²) in [6, 6.07) is -0.683. The van der Waals surface area contributed by atoms with Crippen molar-refractivity contribution in [3.05, 3.63) is 12.4 Å². The van der Waals surface area contributed by atoms with Crippen LogP contribution in [0.1, 0.15) is 13.3 Å². The van der Waals surface area contributed by atoms with E-state index in [1.54, 1.807) is 14.0 Å². The molecular formula is C11H17N5O3S. The quantitative estimate of drug-likeness (QED) is 0.770. The van der Waals surface area contributed by atoms with Gasteiger partial charge in [0.15, 0.2) is 0 Å². The van der Waals surface area contributed by atoms with E-state index in [2.05, 4.69) is 20.6 Å². The third-order valence-electron chi connectivity index (χ3n) is 3.13. The minimum Gasteiger partial charge on any atom is -0.357 e. The summed E-state index contributed by atoms with van der Waals surface area (Å²) >= 11 is 0. The largest absolute Gasteiger partial charge is 0.357 e. The van der Waals surface area contributed by atoms with Gasteiger partial charge in [0.1, 0.15) is 10.9 Å². The molecule has 1 aliphatic rings. The van der Waals surface area contributed by atoms with Gasteiger partial charge in [0, 0.05) is 20.1 Å². The van der Waals surface area contributed by atoms with Gasteiger partial charge in [0.05, 0.1) is 12.4 Å². The number of aromatic nitrogens is 2. The Hall–Kier alpha value is -1.74. The highest BCUT2D eigenvalue weighted by atomic mass is 32.2. The molecule has 1 saturated heterocycles. The second kappa shape index (κ2) is 5.71. The zero-order valence-electron chi connectivity index (χ0n) is 11.3. The second-order valence-electron chi connectivity index (χ2n) is 4.32. The summed E-state index contributed by atoms with van der Waals surface area (Å²) in [6.45, 7) is 2.34. The van der Waals surface area contributed by atoms with Crippen LogP contribution in [0.4, 0.5) is 5.95 Å². The number of nitrogens with zero attached hydrogens (tertiary/aromatic N) is 3.